The van der Waals surface area contributed by atoms with Crippen molar-refractivity contribution in [1.29, 1.82) is 0 Å². The van der Waals surface area contributed by atoms with Gasteiger partial charge in [-0.2, -0.15) is 0 Å². The minimum Gasteiger partial charge on any atom is -0.597 e. The normalized spacial score (nSPS) is 22.8. The molecule has 0 saturated heterocycles. The quantitative estimate of drug-likeness (QED) is 0.338. The first-order valence-corrected chi connectivity index (χ1v) is 10.1. The Morgan fingerprint density at radius 2 is 2.04 bits per heavy atom. The fourth-order valence-electron chi connectivity index (χ4n) is 2.64. The van der Waals surface area contributed by atoms with Crippen molar-refractivity contribution in [2.24, 2.45) is 0 Å². The summed E-state index contributed by atoms with van der Waals surface area (Å²) in [5, 5.41) is 11.8. The van der Waals surface area contributed by atoms with Crippen LogP contribution in [0.3, 0.4) is 0 Å². The molecule has 0 aromatic heterocycles. The first kappa shape index (κ1) is 17.8. The van der Waals surface area contributed by atoms with Gasteiger partial charge in [0, 0.05) is 33.6 Å². The number of benzene rings is 1. The van der Waals surface area contributed by atoms with Crippen molar-refractivity contribution in [2.45, 2.75) is 54.5 Å². The maximum absolute atomic E-state index is 12.9. The summed E-state index contributed by atoms with van der Waals surface area (Å²) in [5.74, 6) is 0. The summed E-state index contributed by atoms with van der Waals surface area (Å²) < 4.78 is 14.4. The van der Waals surface area contributed by atoms with E-state index in [1.54, 1.807) is 23.9 Å². The van der Waals surface area contributed by atoms with E-state index in [2.05, 4.69) is 0 Å². The minimum atomic E-state index is -1.17. The predicted molar refractivity (Wildman–Crippen MR) is 98.5 cm³/mol. The van der Waals surface area contributed by atoms with Gasteiger partial charge in [0.2, 0.25) is 0 Å². The van der Waals surface area contributed by atoms with Crippen LogP contribution < -0.4 is 0 Å². The molecule has 0 radical (unpaired) electrons. The van der Waals surface area contributed by atoms with Crippen molar-refractivity contribution < 1.29 is 9.48 Å². The van der Waals surface area contributed by atoms with Crippen LogP contribution in [0.1, 0.15) is 45.2 Å². The Morgan fingerprint density at radius 3 is 2.62 bits per heavy atom. The molecule has 0 unspecified atom stereocenters. The lowest BCUT2D eigenvalue weighted by Crippen LogP contribution is -2.42. The van der Waals surface area contributed by atoms with Crippen molar-refractivity contribution in [2.75, 3.05) is 6.54 Å². The standard InChI is InChI=1S/C17H22N2O3S2/c1-17(2,3)24(22)18-10-4-5-15(18)14-11-12(19(20)21)6-9-16(14)23-13-7-8-13/h4-6,9,11,13,15H,7-8,10H2,1-3H3/t15-,24-/m0/s1. The molecule has 0 amide bonds. The van der Waals surface area contributed by atoms with Crippen molar-refractivity contribution >= 4 is 28.8 Å². The largest absolute Gasteiger partial charge is 0.597 e. The summed E-state index contributed by atoms with van der Waals surface area (Å²) in [6, 6.07) is 4.89. The number of nitrogens with zero attached hydrogens (tertiary/aromatic N) is 2. The van der Waals surface area contributed by atoms with Gasteiger partial charge in [0.25, 0.3) is 5.69 Å². The highest BCUT2D eigenvalue weighted by atomic mass is 32.2. The van der Waals surface area contributed by atoms with E-state index >= 15 is 0 Å². The van der Waals surface area contributed by atoms with Crippen LogP contribution in [0.4, 0.5) is 5.69 Å². The lowest BCUT2D eigenvalue weighted by molar-refractivity contribution is -0.385. The van der Waals surface area contributed by atoms with Crippen LogP contribution in [0, 0.1) is 10.1 Å². The monoisotopic (exact) mass is 366 g/mol. The maximum Gasteiger partial charge on any atom is 0.269 e. The Hall–Kier alpha value is -1.02. The fraction of sp³-hybridized carbons (Fsp3) is 0.529. The van der Waals surface area contributed by atoms with Crippen LogP contribution in [-0.2, 0) is 11.4 Å². The molecular formula is C17H22N2O3S2. The fourth-order valence-corrected chi connectivity index (χ4v) is 5.15. The smallest absolute Gasteiger partial charge is 0.269 e. The average Bonchev–Trinajstić information content (AvgIpc) is 3.19. The Labute approximate surface area is 150 Å². The zero-order chi connectivity index (χ0) is 17.5. The van der Waals surface area contributed by atoms with Gasteiger partial charge in [-0.3, -0.25) is 10.1 Å². The van der Waals surface area contributed by atoms with Gasteiger partial charge < -0.3 is 4.55 Å². The number of nitro benzene ring substituents is 1. The van der Waals surface area contributed by atoms with Crippen LogP contribution in [0.2, 0.25) is 0 Å². The zero-order valence-corrected chi connectivity index (χ0v) is 15.7. The Bertz CT molecular complexity index is 668. The van der Waals surface area contributed by atoms with Crippen LogP contribution in [0.5, 0.6) is 0 Å². The van der Waals surface area contributed by atoms with E-state index in [1.165, 1.54) is 12.8 Å². The molecule has 1 fully saturated rings. The highest BCUT2D eigenvalue weighted by Crippen LogP contribution is 2.45. The summed E-state index contributed by atoms with van der Waals surface area (Å²) in [4.78, 5) is 11.9. The van der Waals surface area contributed by atoms with Crippen LogP contribution in [-0.4, -0.2) is 30.3 Å². The van der Waals surface area contributed by atoms with Gasteiger partial charge in [-0.15, -0.1) is 16.1 Å². The summed E-state index contributed by atoms with van der Waals surface area (Å²) in [6.45, 7) is 6.45. The van der Waals surface area contributed by atoms with Crippen molar-refractivity contribution in [3.63, 3.8) is 0 Å². The molecule has 1 aromatic carbocycles. The second kappa shape index (κ2) is 6.71. The van der Waals surface area contributed by atoms with Gasteiger partial charge >= 0.3 is 0 Å². The SMILES string of the molecule is CC(C)(C)[S@+]([O-])N1CC=C[C@H]1c1cc([N+](=O)[O-])ccc1SC1CC1. The topological polar surface area (TPSA) is 69.4 Å². The van der Waals surface area contributed by atoms with E-state index in [-0.39, 0.29) is 21.4 Å². The molecule has 1 heterocycles. The first-order valence-electron chi connectivity index (χ1n) is 8.07. The first-order chi connectivity index (χ1) is 11.3. The van der Waals surface area contributed by atoms with Gasteiger partial charge in [0.15, 0.2) is 0 Å². The number of hydrogen-bond donors (Lipinski definition) is 0. The summed E-state index contributed by atoms with van der Waals surface area (Å²) >= 11 is 0.608. The summed E-state index contributed by atoms with van der Waals surface area (Å²) in [6.07, 6.45) is 6.40. The van der Waals surface area contributed by atoms with Gasteiger partial charge in [-0.1, -0.05) is 12.2 Å². The molecule has 2 aliphatic rings. The predicted octanol–water partition coefficient (Wildman–Crippen LogP) is 4.22. The molecule has 1 aliphatic carbocycles. The van der Waals surface area contributed by atoms with Gasteiger partial charge in [-0.05, 0) is 45.2 Å². The van der Waals surface area contributed by atoms with E-state index in [0.717, 1.165) is 10.5 Å². The van der Waals surface area contributed by atoms with Gasteiger partial charge in [-0.25, -0.2) is 0 Å². The summed E-state index contributed by atoms with van der Waals surface area (Å²) in [7, 11) is 0. The number of non-ortho nitro benzene ring substituents is 1. The Balaban J connectivity index is 1.96. The molecule has 24 heavy (non-hydrogen) atoms. The zero-order valence-electron chi connectivity index (χ0n) is 14.1. The number of thioether (sulfide) groups is 1. The second-order valence-corrected chi connectivity index (χ2v) is 10.7. The lowest BCUT2D eigenvalue weighted by Gasteiger charge is -2.34. The molecule has 0 spiro atoms. The molecule has 5 nitrogen and oxygen atoms in total. The third-order valence-electron chi connectivity index (χ3n) is 3.99. The van der Waals surface area contributed by atoms with E-state index in [4.69, 9.17) is 0 Å². The number of hydrogen-bond acceptors (Lipinski definition) is 5. The van der Waals surface area contributed by atoms with Crippen LogP contribution in [0.25, 0.3) is 0 Å². The molecule has 1 aromatic rings. The van der Waals surface area contributed by atoms with Gasteiger partial charge in [0.05, 0.1) is 11.5 Å². The number of rotatable bonds is 5. The Morgan fingerprint density at radius 1 is 1.33 bits per heavy atom. The molecule has 0 N–H and O–H groups in total. The van der Waals surface area contributed by atoms with E-state index < -0.39 is 11.4 Å². The average molecular weight is 367 g/mol. The molecular weight excluding hydrogens is 344 g/mol. The Kier molecular flexibility index (Phi) is 4.97. The van der Waals surface area contributed by atoms with E-state index in [0.29, 0.717) is 11.8 Å². The highest BCUT2D eigenvalue weighted by molar-refractivity contribution is 8.00. The molecule has 1 saturated carbocycles. The minimum absolute atomic E-state index is 0.0898. The molecule has 3 rings (SSSR count). The molecule has 130 valence electrons. The van der Waals surface area contributed by atoms with Crippen molar-refractivity contribution in [3.05, 3.63) is 46.0 Å². The maximum atomic E-state index is 12.9. The number of nitro groups is 1. The van der Waals surface area contributed by atoms with E-state index in [1.807, 2.05) is 43.3 Å². The molecule has 7 heteroatoms. The lowest BCUT2D eigenvalue weighted by atomic mass is 10.1. The van der Waals surface area contributed by atoms with Crippen LogP contribution >= 0.6 is 11.8 Å². The summed E-state index contributed by atoms with van der Waals surface area (Å²) in [5.41, 5.74) is 0.986. The van der Waals surface area contributed by atoms with Crippen molar-refractivity contribution in [3.8, 4) is 0 Å². The third kappa shape index (κ3) is 3.79. The van der Waals surface area contributed by atoms with E-state index in [9.17, 15) is 14.7 Å². The van der Waals surface area contributed by atoms with Crippen molar-refractivity contribution in [1.82, 2.24) is 4.31 Å². The highest BCUT2D eigenvalue weighted by Gasteiger charge is 2.40. The second-order valence-electron chi connectivity index (χ2n) is 7.13. The third-order valence-corrected chi connectivity index (χ3v) is 7.27. The van der Waals surface area contributed by atoms with Gasteiger partial charge in [0.1, 0.15) is 10.8 Å². The molecule has 2 atom stereocenters. The molecule has 1 aliphatic heterocycles. The van der Waals surface area contributed by atoms with Crippen LogP contribution in [0.15, 0.2) is 35.2 Å². The molecule has 0 bridgehead atoms.